The van der Waals surface area contributed by atoms with Gasteiger partial charge in [0.05, 0.1) is 27.6 Å². The number of hydrogen-bond acceptors (Lipinski definition) is 6. The van der Waals surface area contributed by atoms with Crippen molar-refractivity contribution in [1.29, 1.82) is 0 Å². The highest BCUT2D eigenvalue weighted by Gasteiger charge is 2.15. The monoisotopic (exact) mass is 450 g/mol. The first-order valence-corrected chi connectivity index (χ1v) is 10.2. The van der Waals surface area contributed by atoms with Crippen molar-refractivity contribution in [2.75, 3.05) is 27.9 Å². The Bertz CT molecular complexity index is 1100. The highest BCUT2D eigenvalue weighted by Crippen LogP contribution is 2.27. The Kier molecular flexibility index (Phi) is 8.13. The van der Waals surface area contributed by atoms with Crippen LogP contribution in [0.3, 0.4) is 0 Å². The first-order valence-electron chi connectivity index (χ1n) is 10.2. The van der Waals surface area contributed by atoms with E-state index < -0.39 is 11.8 Å². The summed E-state index contributed by atoms with van der Waals surface area (Å²) in [6.07, 6.45) is 3.53. The van der Waals surface area contributed by atoms with E-state index in [1.165, 1.54) is 12.3 Å². The number of ether oxygens (including phenoxy) is 3. The zero-order valence-electron chi connectivity index (χ0n) is 18.7. The molecule has 0 unspecified atom stereocenters. The second-order valence-electron chi connectivity index (χ2n) is 6.95. The van der Waals surface area contributed by atoms with Crippen molar-refractivity contribution in [3.8, 4) is 17.2 Å². The van der Waals surface area contributed by atoms with Gasteiger partial charge in [-0.1, -0.05) is 6.07 Å². The minimum atomic E-state index is -0.436. The number of carbonyl (C=O) groups excluding carboxylic acids is 2. The van der Waals surface area contributed by atoms with Crippen LogP contribution in [0.4, 0.5) is 0 Å². The smallest absolute Gasteiger partial charge is 0.267 e. The lowest BCUT2D eigenvalue weighted by Gasteiger charge is -2.12. The lowest BCUT2D eigenvalue weighted by molar-refractivity contribution is -0.117. The summed E-state index contributed by atoms with van der Waals surface area (Å²) >= 11 is 0. The molecule has 1 heterocycles. The van der Waals surface area contributed by atoms with Gasteiger partial charge < -0.3 is 29.3 Å². The van der Waals surface area contributed by atoms with E-state index in [4.69, 9.17) is 18.6 Å². The number of hydrogen-bond donors (Lipinski definition) is 2. The maximum absolute atomic E-state index is 12.8. The Labute approximate surface area is 192 Å². The molecule has 3 rings (SSSR count). The van der Waals surface area contributed by atoms with Crippen molar-refractivity contribution in [3.05, 3.63) is 83.4 Å². The number of carbonyl (C=O) groups is 2. The maximum atomic E-state index is 12.8. The van der Waals surface area contributed by atoms with E-state index in [-0.39, 0.29) is 5.70 Å². The van der Waals surface area contributed by atoms with E-state index in [1.54, 1.807) is 57.7 Å². The molecule has 33 heavy (non-hydrogen) atoms. The first-order chi connectivity index (χ1) is 16.0. The summed E-state index contributed by atoms with van der Waals surface area (Å²) in [5.41, 5.74) is 1.42. The molecule has 0 fully saturated rings. The van der Waals surface area contributed by atoms with Crippen molar-refractivity contribution in [2.24, 2.45) is 0 Å². The largest absolute Gasteiger partial charge is 0.497 e. The van der Waals surface area contributed by atoms with Gasteiger partial charge >= 0.3 is 0 Å². The van der Waals surface area contributed by atoms with Gasteiger partial charge in [-0.05, 0) is 60.5 Å². The summed E-state index contributed by atoms with van der Waals surface area (Å²) in [4.78, 5) is 25.5. The molecule has 0 saturated carbocycles. The number of nitrogens with one attached hydrogen (secondary N) is 2. The van der Waals surface area contributed by atoms with Crippen LogP contribution in [0.15, 0.2) is 71.0 Å². The van der Waals surface area contributed by atoms with Crippen LogP contribution in [-0.4, -0.2) is 39.7 Å². The third-order valence-corrected chi connectivity index (χ3v) is 4.82. The van der Waals surface area contributed by atoms with Crippen molar-refractivity contribution in [1.82, 2.24) is 10.6 Å². The van der Waals surface area contributed by atoms with Gasteiger partial charge in [-0.2, -0.15) is 0 Å². The van der Waals surface area contributed by atoms with E-state index in [9.17, 15) is 9.59 Å². The van der Waals surface area contributed by atoms with Crippen LogP contribution in [0.2, 0.25) is 0 Å². The molecule has 172 valence electrons. The molecule has 0 saturated heterocycles. The molecule has 0 spiro atoms. The van der Waals surface area contributed by atoms with E-state index >= 15 is 0 Å². The van der Waals surface area contributed by atoms with Gasteiger partial charge in [0, 0.05) is 18.2 Å². The second-order valence-corrected chi connectivity index (χ2v) is 6.95. The van der Waals surface area contributed by atoms with Crippen molar-refractivity contribution in [2.45, 2.75) is 6.42 Å². The van der Waals surface area contributed by atoms with Crippen molar-refractivity contribution >= 4 is 17.9 Å². The summed E-state index contributed by atoms with van der Waals surface area (Å²) in [5.74, 6) is 1.46. The van der Waals surface area contributed by atoms with Crippen LogP contribution in [-0.2, 0) is 11.2 Å². The van der Waals surface area contributed by atoms with Crippen molar-refractivity contribution < 1.29 is 28.2 Å². The SMILES string of the molecule is COc1ccc(C(=O)N/C(=C/c2ccco2)C(=O)NCCc2ccc(OC)c(OC)c2)cc1. The molecule has 2 aromatic carbocycles. The zero-order chi connectivity index (χ0) is 23.6. The number of rotatable bonds is 10. The minimum absolute atomic E-state index is 0.0677. The summed E-state index contributed by atoms with van der Waals surface area (Å²) in [6, 6.07) is 15.5. The molecule has 2 N–H and O–H groups in total. The van der Waals surface area contributed by atoms with Crippen molar-refractivity contribution in [3.63, 3.8) is 0 Å². The Morgan fingerprint density at radius 2 is 1.70 bits per heavy atom. The van der Waals surface area contributed by atoms with Crippen LogP contribution in [0.1, 0.15) is 21.7 Å². The molecule has 8 nitrogen and oxygen atoms in total. The van der Waals surface area contributed by atoms with Gasteiger partial charge in [-0.25, -0.2) is 0 Å². The minimum Gasteiger partial charge on any atom is -0.497 e. The third kappa shape index (κ3) is 6.39. The Morgan fingerprint density at radius 1 is 0.939 bits per heavy atom. The predicted molar refractivity (Wildman–Crippen MR) is 123 cm³/mol. The molecule has 8 heteroatoms. The van der Waals surface area contributed by atoms with Crippen LogP contribution in [0.5, 0.6) is 17.2 Å². The fraction of sp³-hybridized carbons (Fsp3) is 0.200. The Morgan fingerprint density at radius 3 is 2.33 bits per heavy atom. The molecule has 3 aromatic rings. The van der Waals surface area contributed by atoms with Crippen LogP contribution >= 0.6 is 0 Å². The molecular formula is C25H26N2O6. The van der Waals surface area contributed by atoms with E-state index in [0.29, 0.717) is 41.5 Å². The van der Waals surface area contributed by atoms with Crippen LogP contribution < -0.4 is 24.8 Å². The number of methoxy groups -OCH3 is 3. The average Bonchev–Trinajstić information content (AvgIpc) is 3.36. The molecule has 2 amide bonds. The fourth-order valence-corrected chi connectivity index (χ4v) is 3.06. The quantitative estimate of drug-likeness (QED) is 0.459. The van der Waals surface area contributed by atoms with E-state index in [1.807, 2.05) is 18.2 Å². The molecule has 0 aliphatic carbocycles. The normalized spacial score (nSPS) is 10.9. The third-order valence-electron chi connectivity index (χ3n) is 4.82. The van der Waals surface area contributed by atoms with E-state index in [0.717, 1.165) is 5.56 Å². The fourth-order valence-electron chi connectivity index (χ4n) is 3.06. The summed E-state index contributed by atoms with van der Waals surface area (Å²) < 4.78 is 21.0. The lowest BCUT2D eigenvalue weighted by atomic mass is 10.1. The first kappa shape index (κ1) is 23.5. The molecule has 0 aliphatic rings. The van der Waals surface area contributed by atoms with Gasteiger partial charge in [0.15, 0.2) is 11.5 Å². The Hall–Kier alpha value is -4.20. The molecule has 1 aromatic heterocycles. The standard InChI is InChI=1S/C25H26N2O6/c1-30-19-9-7-18(8-10-19)24(28)27-21(16-20-5-4-14-33-20)25(29)26-13-12-17-6-11-22(31-2)23(15-17)32-3/h4-11,14-16H,12-13H2,1-3H3,(H,26,29)(H,27,28)/b21-16+. The second kappa shape index (κ2) is 11.4. The topological polar surface area (TPSA) is 99.0 Å². The van der Waals surface area contributed by atoms with E-state index in [2.05, 4.69) is 10.6 Å². The maximum Gasteiger partial charge on any atom is 0.267 e. The average molecular weight is 450 g/mol. The lowest BCUT2D eigenvalue weighted by Crippen LogP contribution is -2.35. The van der Waals surface area contributed by atoms with Gasteiger partial charge in [0.25, 0.3) is 11.8 Å². The molecule has 0 bridgehead atoms. The van der Waals surface area contributed by atoms with Crippen LogP contribution in [0.25, 0.3) is 6.08 Å². The molecule has 0 atom stereocenters. The van der Waals surface area contributed by atoms with Gasteiger partial charge in [0.1, 0.15) is 17.2 Å². The van der Waals surface area contributed by atoms with Gasteiger partial charge in [-0.15, -0.1) is 0 Å². The molecular weight excluding hydrogens is 424 g/mol. The number of furan rings is 1. The zero-order valence-corrected chi connectivity index (χ0v) is 18.7. The number of amides is 2. The van der Waals surface area contributed by atoms with Crippen LogP contribution in [0, 0.1) is 0 Å². The summed E-state index contributed by atoms with van der Waals surface area (Å²) in [5, 5.41) is 5.49. The summed E-state index contributed by atoms with van der Waals surface area (Å²) in [7, 11) is 4.69. The van der Waals surface area contributed by atoms with Gasteiger partial charge in [-0.3, -0.25) is 9.59 Å². The highest BCUT2D eigenvalue weighted by atomic mass is 16.5. The highest BCUT2D eigenvalue weighted by molar-refractivity contribution is 6.05. The predicted octanol–water partition coefficient (Wildman–Crippen LogP) is 3.44. The Balaban J connectivity index is 1.67. The summed E-state index contributed by atoms with van der Waals surface area (Å²) in [6.45, 7) is 0.349. The van der Waals surface area contributed by atoms with Gasteiger partial charge in [0.2, 0.25) is 0 Å². The molecule has 0 aliphatic heterocycles. The number of benzene rings is 2. The molecule has 0 radical (unpaired) electrons.